The lowest BCUT2D eigenvalue weighted by molar-refractivity contribution is 0.102. The number of hydrogen-bond donors (Lipinski definition) is 3. The minimum Gasteiger partial charge on any atom is -0.507 e. The third kappa shape index (κ3) is 5.66. The Balaban J connectivity index is 1.38. The maximum absolute atomic E-state index is 15.0. The van der Waals surface area contributed by atoms with Crippen LogP contribution in [0.15, 0.2) is 90.0 Å². The number of nitrogens with zero attached hydrogens (tertiary/aromatic N) is 3. The summed E-state index contributed by atoms with van der Waals surface area (Å²) in [4.78, 5) is 34.2. The topological polar surface area (TPSA) is 142 Å². The number of methoxy groups -OCH3 is 1. The molecule has 41 heavy (non-hydrogen) atoms. The second-order valence-electron chi connectivity index (χ2n) is 8.59. The fourth-order valence-electron chi connectivity index (χ4n) is 3.99. The maximum Gasteiger partial charge on any atom is 0.271 e. The Morgan fingerprint density at radius 2 is 1.78 bits per heavy atom. The number of rotatable bonds is 7. The van der Waals surface area contributed by atoms with Crippen LogP contribution in [0.1, 0.15) is 10.4 Å². The van der Waals surface area contributed by atoms with Crippen LogP contribution in [0.25, 0.3) is 16.9 Å². The largest absolute Gasteiger partial charge is 0.507 e. The minimum atomic E-state index is -0.844. The number of halogens is 2. The van der Waals surface area contributed by atoms with Gasteiger partial charge in [-0.3, -0.25) is 14.2 Å². The summed E-state index contributed by atoms with van der Waals surface area (Å²) in [6, 6.07) is 16.1. The van der Waals surface area contributed by atoms with Gasteiger partial charge in [0.05, 0.1) is 12.8 Å². The molecule has 10 nitrogen and oxygen atoms in total. The average Bonchev–Trinajstić information content (AvgIpc) is 2.95. The second kappa shape index (κ2) is 11.1. The minimum absolute atomic E-state index is 0.000125. The van der Waals surface area contributed by atoms with Crippen LogP contribution in [0.2, 0.25) is 0 Å². The molecule has 0 aliphatic heterocycles. The van der Waals surface area contributed by atoms with Crippen molar-refractivity contribution in [2.75, 3.05) is 18.2 Å². The van der Waals surface area contributed by atoms with Gasteiger partial charge in [-0.05, 0) is 66.7 Å². The first-order valence-electron chi connectivity index (χ1n) is 12.0. The van der Waals surface area contributed by atoms with Crippen LogP contribution in [0.4, 0.5) is 20.4 Å². The SMILES string of the molecule is COc1ccn(-c2ccc(F)cc2)c(=O)c1C(=O)Nc1ccc(Oc2ccc(O)c(-c3ccnc(N)n3)c2)c(F)c1. The first kappa shape index (κ1) is 26.8. The van der Waals surface area contributed by atoms with E-state index in [9.17, 15) is 19.1 Å². The van der Waals surface area contributed by atoms with Gasteiger partial charge in [0.25, 0.3) is 11.5 Å². The number of amides is 1. The molecule has 0 spiro atoms. The fourth-order valence-corrected chi connectivity index (χ4v) is 3.99. The maximum atomic E-state index is 15.0. The molecule has 0 saturated heterocycles. The first-order chi connectivity index (χ1) is 19.7. The van der Waals surface area contributed by atoms with Crippen LogP contribution < -0.4 is 26.1 Å². The molecule has 3 aromatic carbocycles. The predicted molar refractivity (Wildman–Crippen MR) is 147 cm³/mol. The van der Waals surface area contributed by atoms with Crippen LogP contribution in [0, 0.1) is 11.6 Å². The van der Waals surface area contributed by atoms with Gasteiger partial charge in [0.15, 0.2) is 11.6 Å². The summed E-state index contributed by atoms with van der Waals surface area (Å²) in [6.07, 6.45) is 2.83. The molecule has 0 saturated carbocycles. The van der Waals surface area contributed by atoms with Crippen molar-refractivity contribution in [3.63, 3.8) is 0 Å². The van der Waals surface area contributed by atoms with E-state index in [-0.39, 0.29) is 40.2 Å². The van der Waals surface area contributed by atoms with E-state index in [1.54, 1.807) is 6.07 Å². The first-order valence-corrected chi connectivity index (χ1v) is 12.0. The number of nitrogens with one attached hydrogen (secondary N) is 1. The molecule has 0 atom stereocenters. The number of carbonyl (C=O) groups excluding carboxylic acids is 1. The van der Waals surface area contributed by atoms with Crippen molar-refractivity contribution in [3.05, 3.63) is 113 Å². The van der Waals surface area contributed by atoms with Crippen molar-refractivity contribution in [2.24, 2.45) is 0 Å². The number of ether oxygens (including phenoxy) is 2. The molecule has 0 aliphatic carbocycles. The summed E-state index contributed by atoms with van der Waals surface area (Å²) in [6.45, 7) is 0. The molecule has 0 fully saturated rings. The standard InChI is InChI=1S/C29H21F2N5O5/c1-40-25-11-13-36(18-5-2-16(30)3-6-18)28(39)26(25)27(38)34-17-4-9-24(21(31)14-17)41-19-7-8-23(37)20(15-19)22-10-12-33-29(32)35-22/h2-15,37H,1H3,(H,34,38)(H2,32,33,35). The lowest BCUT2D eigenvalue weighted by atomic mass is 10.1. The highest BCUT2D eigenvalue weighted by atomic mass is 19.1. The summed E-state index contributed by atoms with van der Waals surface area (Å²) in [5.74, 6) is -2.19. The zero-order chi connectivity index (χ0) is 29.1. The van der Waals surface area contributed by atoms with Crippen molar-refractivity contribution in [2.45, 2.75) is 0 Å². The Labute approximate surface area is 231 Å². The summed E-state index contributed by atoms with van der Waals surface area (Å²) in [5.41, 5.74) is 5.59. The molecule has 4 N–H and O–H groups in total. The highest BCUT2D eigenvalue weighted by molar-refractivity contribution is 6.06. The normalized spacial score (nSPS) is 10.7. The van der Waals surface area contributed by atoms with E-state index in [1.807, 2.05) is 0 Å². The van der Waals surface area contributed by atoms with Gasteiger partial charge in [-0.2, -0.15) is 0 Å². The number of phenols is 1. The van der Waals surface area contributed by atoms with Crippen LogP contribution in [0.3, 0.4) is 0 Å². The van der Waals surface area contributed by atoms with E-state index in [1.165, 1.54) is 80.2 Å². The van der Waals surface area contributed by atoms with Gasteiger partial charge in [-0.15, -0.1) is 0 Å². The van der Waals surface area contributed by atoms with E-state index in [0.29, 0.717) is 16.9 Å². The highest BCUT2D eigenvalue weighted by Crippen LogP contribution is 2.34. The summed E-state index contributed by atoms with van der Waals surface area (Å²) >= 11 is 0. The van der Waals surface area contributed by atoms with E-state index < -0.39 is 23.1 Å². The predicted octanol–water partition coefficient (Wildman–Crippen LogP) is 4.91. The molecule has 5 aromatic rings. The number of pyridine rings is 1. The number of phenolic OH excluding ortho intramolecular Hbond substituents is 1. The van der Waals surface area contributed by atoms with Crippen LogP contribution in [-0.4, -0.2) is 32.7 Å². The van der Waals surface area contributed by atoms with Crippen molar-refractivity contribution < 1.29 is 28.2 Å². The van der Waals surface area contributed by atoms with Gasteiger partial charge in [0.1, 0.15) is 28.6 Å². The molecule has 0 unspecified atom stereocenters. The molecule has 2 aromatic heterocycles. The van der Waals surface area contributed by atoms with Crippen LogP contribution in [0.5, 0.6) is 23.0 Å². The van der Waals surface area contributed by atoms with E-state index in [2.05, 4.69) is 15.3 Å². The monoisotopic (exact) mass is 557 g/mol. The van der Waals surface area contributed by atoms with Gasteiger partial charge in [-0.1, -0.05) is 0 Å². The Bertz CT molecular complexity index is 1830. The summed E-state index contributed by atoms with van der Waals surface area (Å²) in [5, 5.41) is 12.7. The molecule has 1 amide bonds. The molecule has 12 heteroatoms. The number of benzene rings is 3. The Morgan fingerprint density at radius 3 is 2.49 bits per heavy atom. The molecule has 0 aliphatic rings. The third-order valence-electron chi connectivity index (χ3n) is 5.94. The van der Waals surface area contributed by atoms with Crippen LogP contribution in [-0.2, 0) is 0 Å². The quantitative estimate of drug-likeness (QED) is 0.256. The molecule has 0 radical (unpaired) electrons. The van der Waals surface area contributed by atoms with E-state index in [0.717, 1.165) is 10.6 Å². The van der Waals surface area contributed by atoms with Gasteiger partial charge in [0, 0.05) is 35.4 Å². The molecular formula is C29H21F2N5O5. The molecule has 5 rings (SSSR count). The van der Waals surface area contributed by atoms with Crippen molar-refractivity contribution in [1.82, 2.24) is 14.5 Å². The summed E-state index contributed by atoms with van der Waals surface area (Å²) in [7, 11) is 1.30. The fraction of sp³-hybridized carbons (Fsp3) is 0.0345. The smallest absolute Gasteiger partial charge is 0.271 e. The zero-order valence-electron chi connectivity index (χ0n) is 21.3. The zero-order valence-corrected chi connectivity index (χ0v) is 21.3. The summed E-state index contributed by atoms with van der Waals surface area (Å²) < 4.78 is 40.4. The van der Waals surface area contributed by atoms with Gasteiger partial charge in [-0.25, -0.2) is 18.7 Å². The van der Waals surface area contributed by atoms with Crippen LogP contribution >= 0.6 is 0 Å². The molecular weight excluding hydrogens is 536 g/mol. The van der Waals surface area contributed by atoms with E-state index >= 15 is 4.39 Å². The molecule has 206 valence electrons. The highest BCUT2D eigenvalue weighted by Gasteiger charge is 2.21. The van der Waals surface area contributed by atoms with Gasteiger partial charge >= 0.3 is 0 Å². The Hall–Kier alpha value is -5.78. The van der Waals surface area contributed by atoms with E-state index in [4.69, 9.17) is 15.2 Å². The number of nitrogen functional groups attached to an aromatic ring is 1. The lowest BCUT2D eigenvalue weighted by Gasteiger charge is -2.13. The molecule has 2 heterocycles. The van der Waals surface area contributed by atoms with Gasteiger partial charge in [0.2, 0.25) is 5.95 Å². The second-order valence-corrected chi connectivity index (χ2v) is 8.59. The number of nitrogens with two attached hydrogens (primary N) is 1. The number of anilines is 2. The molecule has 0 bridgehead atoms. The van der Waals surface area contributed by atoms with Crippen molar-refractivity contribution >= 4 is 17.5 Å². The van der Waals surface area contributed by atoms with Gasteiger partial charge < -0.3 is 25.6 Å². The third-order valence-corrected chi connectivity index (χ3v) is 5.94. The number of hydrogen-bond acceptors (Lipinski definition) is 8. The van der Waals surface area contributed by atoms with Crippen molar-refractivity contribution in [3.8, 4) is 39.9 Å². The van der Waals surface area contributed by atoms with Crippen molar-refractivity contribution in [1.29, 1.82) is 0 Å². The average molecular weight is 558 g/mol. The number of aromatic nitrogens is 3. The number of carbonyl (C=O) groups is 1. The number of aromatic hydroxyl groups is 1. The Kier molecular flexibility index (Phi) is 7.29. The Morgan fingerprint density at radius 1 is 1.00 bits per heavy atom. The lowest BCUT2D eigenvalue weighted by Crippen LogP contribution is -2.29.